The Bertz CT molecular complexity index is 619. The molecule has 6 nitrogen and oxygen atoms in total. The average molecular weight is 425 g/mol. The lowest BCUT2D eigenvalue weighted by atomic mass is 9.87. The van der Waals surface area contributed by atoms with Gasteiger partial charge in [0.15, 0.2) is 0 Å². The Morgan fingerprint density at radius 1 is 1.27 bits per heavy atom. The van der Waals surface area contributed by atoms with Crippen molar-refractivity contribution in [3.63, 3.8) is 0 Å². The van der Waals surface area contributed by atoms with Crippen LogP contribution in [0, 0.1) is 5.92 Å². The predicted molar refractivity (Wildman–Crippen MR) is 117 cm³/mol. The summed E-state index contributed by atoms with van der Waals surface area (Å²) in [6, 6.07) is 0. The van der Waals surface area contributed by atoms with Crippen molar-refractivity contribution >= 4 is 11.9 Å². The number of carbonyl (C=O) groups excluding carboxylic acids is 2. The number of esters is 2. The van der Waals surface area contributed by atoms with Gasteiger partial charge < -0.3 is 19.3 Å². The minimum atomic E-state index is -0.590. The highest BCUT2D eigenvalue weighted by Crippen LogP contribution is 2.34. The molecule has 0 bridgehead atoms. The van der Waals surface area contributed by atoms with Gasteiger partial charge >= 0.3 is 11.9 Å². The summed E-state index contributed by atoms with van der Waals surface area (Å²) in [5.41, 5.74) is 1.66. The molecule has 1 aliphatic heterocycles. The number of hydrogen-bond donors (Lipinski definition) is 1. The highest BCUT2D eigenvalue weighted by molar-refractivity contribution is 5.66. The first-order chi connectivity index (χ1) is 14.0. The Morgan fingerprint density at radius 3 is 2.57 bits per heavy atom. The highest BCUT2D eigenvalue weighted by Gasteiger charge is 2.39. The number of carbonyl (C=O) groups is 2. The number of rotatable bonds is 10. The molecule has 6 heteroatoms. The quantitative estimate of drug-likeness (QED) is 0.411. The minimum absolute atomic E-state index is 0.182. The van der Waals surface area contributed by atoms with Gasteiger partial charge in [-0.1, -0.05) is 25.0 Å². The Hall–Kier alpha value is -1.66. The summed E-state index contributed by atoms with van der Waals surface area (Å²) in [7, 11) is 0. The molecule has 172 valence electrons. The Balaban J connectivity index is 2.70. The van der Waals surface area contributed by atoms with Gasteiger partial charge in [0.25, 0.3) is 0 Å². The van der Waals surface area contributed by atoms with Crippen molar-refractivity contribution in [3.8, 4) is 0 Å². The predicted octanol–water partition coefficient (Wildman–Crippen LogP) is 4.50. The maximum Gasteiger partial charge on any atom is 0.303 e. The van der Waals surface area contributed by atoms with Gasteiger partial charge in [-0.05, 0) is 70.4 Å². The van der Waals surface area contributed by atoms with E-state index in [1.165, 1.54) is 19.4 Å². The number of hydrogen-bond acceptors (Lipinski definition) is 6. The SMILES string of the molecule is CC(=O)OC/C=C1/CC[C@@H](OC(C)=O)[C@](C)(CCCC(C)C(O)CC=C(C)C)OC1. The van der Waals surface area contributed by atoms with Gasteiger partial charge in [-0.25, -0.2) is 0 Å². The van der Waals surface area contributed by atoms with E-state index in [0.29, 0.717) is 19.4 Å². The second-order valence-corrected chi connectivity index (χ2v) is 8.86. The van der Waals surface area contributed by atoms with Crippen molar-refractivity contribution < 1.29 is 28.9 Å². The van der Waals surface area contributed by atoms with Crippen molar-refractivity contribution in [3.05, 3.63) is 23.3 Å². The zero-order chi connectivity index (χ0) is 22.7. The van der Waals surface area contributed by atoms with Crippen molar-refractivity contribution in [1.82, 2.24) is 0 Å². The summed E-state index contributed by atoms with van der Waals surface area (Å²) in [4.78, 5) is 22.6. The van der Waals surface area contributed by atoms with E-state index < -0.39 is 5.60 Å². The molecule has 0 aliphatic carbocycles. The molecule has 0 spiro atoms. The molecular formula is C24H40O6. The second-order valence-electron chi connectivity index (χ2n) is 8.86. The topological polar surface area (TPSA) is 82.1 Å². The fraction of sp³-hybridized carbons (Fsp3) is 0.750. The van der Waals surface area contributed by atoms with Crippen molar-refractivity contribution in [2.75, 3.05) is 13.2 Å². The lowest BCUT2D eigenvalue weighted by molar-refractivity contribution is -0.167. The smallest absolute Gasteiger partial charge is 0.303 e. The van der Waals surface area contributed by atoms with Crippen LogP contribution in [0.3, 0.4) is 0 Å². The summed E-state index contributed by atoms with van der Waals surface area (Å²) >= 11 is 0. The van der Waals surface area contributed by atoms with E-state index in [9.17, 15) is 14.7 Å². The van der Waals surface area contributed by atoms with E-state index in [0.717, 1.165) is 31.3 Å². The zero-order valence-corrected chi connectivity index (χ0v) is 19.5. The first-order valence-electron chi connectivity index (χ1n) is 11.0. The Morgan fingerprint density at radius 2 is 1.97 bits per heavy atom. The van der Waals surface area contributed by atoms with Crippen LogP contribution in [0.4, 0.5) is 0 Å². The van der Waals surface area contributed by atoms with Crippen LogP contribution in [0.5, 0.6) is 0 Å². The van der Waals surface area contributed by atoms with Crippen LogP contribution in [-0.4, -0.2) is 48.1 Å². The second kappa shape index (κ2) is 12.9. The zero-order valence-electron chi connectivity index (χ0n) is 19.5. The molecule has 4 atom stereocenters. The summed E-state index contributed by atoms with van der Waals surface area (Å²) in [5.74, 6) is -0.445. The highest BCUT2D eigenvalue weighted by atomic mass is 16.6. The average Bonchev–Trinajstić information content (AvgIpc) is 2.79. The molecule has 2 unspecified atom stereocenters. The first-order valence-corrected chi connectivity index (χ1v) is 11.0. The minimum Gasteiger partial charge on any atom is -0.462 e. The summed E-state index contributed by atoms with van der Waals surface area (Å²) in [6.45, 7) is 11.6. The lowest BCUT2D eigenvalue weighted by Crippen LogP contribution is -2.43. The molecule has 0 saturated carbocycles. The molecule has 0 aromatic heterocycles. The monoisotopic (exact) mass is 424 g/mol. The van der Waals surface area contributed by atoms with Gasteiger partial charge in [0.2, 0.25) is 0 Å². The van der Waals surface area contributed by atoms with Crippen molar-refractivity contribution in [2.45, 2.75) is 97.9 Å². The Labute approximate surface area is 181 Å². The van der Waals surface area contributed by atoms with Gasteiger partial charge in [0.1, 0.15) is 18.3 Å². The molecule has 1 N–H and O–H groups in total. The molecule has 30 heavy (non-hydrogen) atoms. The Kier molecular flexibility index (Phi) is 11.3. The number of aliphatic hydroxyl groups is 1. The third-order valence-electron chi connectivity index (χ3n) is 5.72. The molecule has 1 aliphatic rings. The van der Waals surface area contributed by atoms with Gasteiger partial charge in [-0.15, -0.1) is 0 Å². The number of allylic oxidation sites excluding steroid dienone is 1. The molecule has 0 aromatic rings. The number of ether oxygens (including phenoxy) is 3. The summed E-state index contributed by atoms with van der Waals surface area (Å²) < 4.78 is 16.8. The van der Waals surface area contributed by atoms with Gasteiger partial charge in [-0.3, -0.25) is 9.59 Å². The normalized spacial score (nSPS) is 25.2. The molecule has 1 rings (SSSR count). The van der Waals surface area contributed by atoms with Crippen LogP contribution in [0.1, 0.15) is 80.1 Å². The number of aliphatic hydroxyl groups excluding tert-OH is 1. The maximum absolute atomic E-state index is 11.7. The van der Waals surface area contributed by atoms with Gasteiger partial charge in [0.05, 0.1) is 12.7 Å². The fourth-order valence-electron chi connectivity index (χ4n) is 3.66. The molecule has 1 fully saturated rings. The fourth-order valence-corrected chi connectivity index (χ4v) is 3.66. The van der Waals surface area contributed by atoms with Crippen LogP contribution in [0.2, 0.25) is 0 Å². The summed E-state index contributed by atoms with van der Waals surface area (Å²) in [5, 5.41) is 10.4. The van der Waals surface area contributed by atoms with Crippen LogP contribution in [0.15, 0.2) is 23.3 Å². The van der Waals surface area contributed by atoms with Gasteiger partial charge in [-0.2, -0.15) is 0 Å². The maximum atomic E-state index is 11.7. The van der Waals surface area contributed by atoms with E-state index in [4.69, 9.17) is 14.2 Å². The van der Waals surface area contributed by atoms with E-state index in [1.54, 1.807) is 0 Å². The lowest BCUT2D eigenvalue weighted by Gasteiger charge is -2.35. The van der Waals surface area contributed by atoms with E-state index in [1.807, 2.05) is 26.8 Å². The van der Waals surface area contributed by atoms with E-state index >= 15 is 0 Å². The molecule has 1 heterocycles. The molecular weight excluding hydrogens is 384 g/mol. The third kappa shape index (κ3) is 9.90. The van der Waals surface area contributed by atoms with Gasteiger partial charge in [0, 0.05) is 13.8 Å². The van der Waals surface area contributed by atoms with Crippen LogP contribution < -0.4 is 0 Å². The third-order valence-corrected chi connectivity index (χ3v) is 5.72. The molecule has 0 radical (unpaired) electrons. The molecule has 0 aromatic carbocycles. The van der Waals surface area contributed by atoms with Crippen LogP contribution in [0.25, 0.3) is 0 Å². The summed E-state index contributed by atoms with van der Waals surface area (Å²) in [6.07, 6.45) is 7.80. The van der Waals surface area contributed by atoms with Crippen LogP contribution >= 0.6 is 0 Å². The standard InChI is InChI=1S/C24H40O6/c1-17(2)9-11-22(27)18(3)8-7-14-24(6)23(30-20(5)26)12-10-21(16-29-24)13-15-28-19(4)25/h9,13,18,22-23,27H,7-8,10-12,14-16H2,1-6H3/b21-13-/t18?,22?,23-,24+/m1/s1. The molecule has 0 amide bonds. The van der Waals surface area contributed by atoms with Crippen molar-refractivity contribution in [2.24, 2.45) is 5.92 Å². The van der Waals surface area contributed by atoms with E-state index in [-0.39, 0.29) is 36.7 Å². The molecule has 1 saturated heterocycles. The van der Waals surface area contributed by atoms with E-state index in [2.05, 4.69) is 13.0 Å². The first kappa shape index (κ1) is 26.4. The van der Waals surface area contributed by atoms with Crippen LogP contribution in [-0.2, 0) is 23.8 Å². The van der Waals surface area contributed by atoms with Crippen molar-refractivity contribution in [1.29, 1.82) is 0 Å². The largest absolute Gasteiger partial charge is 0.462 e.